The molecule has 0 aliphatic rings. The molecule has 0 fully saturated rings. The van der Waals surface area contributed by atoms with Crippen molar-refractivity contribution in [2.45, 2.75) is 26.2 Å². The molecular formula is C8H14O4. The van der Waals surface area contributed by atoms with Crippen LogP contribution < -0.4 is 0 Å². The van der Waals surface area contributed by atoms with Gasteiger partial charge in [-0.05, 0) is 19.3 Å². The molecule has 2 N–H and O–H groups in total. The summed E-state index contributed by atoms with van der Waals surface area (Å²) in [5.41, 5.74) is 0. The molecule has 0 saturated heterocycles. The lowest BCUT2D eigenvalue weighted by Gasteiger charge is -2.09. The number of carboxylic acids is 1. The number of carbonyl (C=O) groups is 2. The van der Waals surface area contributed by atoms with Crippen LogP contribution in [0.15, 0.2) is 0 Å². The lowest BCUT2D eigenvalue weighted by atomic mass is 9.99. The van der Waals surface area contributed by atoms with Gasteiger partial charge in [-0.25, -0.2) is 0 Å². The van der Waals surface area contributed by atoms with Crippen molar-refractivity contribution in [2.24, 2.45) is 5.92 Å². The summed E-state index contributed by atoms with van der Waals surface area (Å²) in [5.74, 6) is -1.19. The van der Waals surface area contributed by atoms with Crippen molar-refractivity contribution in [1.29, 1.82) is 0 Å². The number of Topliss-reactive ketones (excluding diaryl/α,β-unsaturated/α-hetero) is 1. The minimum atomic E-state index is -0.933. The van der Waals surface area contributed by atoms with Gasteiger partial charge in [0.25, 0.3) is 0 Å². The number of rotatable bonds is 6. The molecule has 0 aromatic rings. The molecule has 4 nitrogen and oxygen atoms in total. The van der Waals surface area contributed by atoms with Gasteiger partial charge in [0.05, 0.1) is 6.42 Å². The second kappa shape index (κ2) is 5.71. The zero-order chi connectivity index (χ0) is 9.56. The van der Waals surface area contributed by atoms with Crippen LogP contribution in [0, 0.1) is 5.92 Å². The molecule has 12 heavy (non-hydrogen) atoms. The van der Waals surface area contributed by atoms with Gasteiger partial charge in [0, 0.05) is 13.0 Å². The largest absolute Gasteiger partial charge is 0.481 e. The first-order chi connectivity index (χ1) is 5.56. The fraction of sp³-hybridized carbons (Fsp3) is 0.750. The van der Waals surface area contributed by atoms with Gasteiger partial charge in [-0.3, -0.25) is 4.79 Å². The van der Waals surface area contributed by atoms with E-state index in [9.17, 15) is 9.59 Å². The number of aliphatic hydroxyl groups is 1. The van der Waals surface area contributed by atoms with E-state index in [1.54, 1.807) is 0 Å². The molecule has 0 amide bonds. The molecule has 0 rings (SSSR count). The van der Waals surface area contributed by atoms with E-state index in [2.05, 4.69) is 0 Å². The van der Waals surface area contributed by atoms with Crippen molar-refractivity contribution < 1.29 is 19.8 Å². The van der Waals surface area contributed by atoms with Crippen LogP contribution in [0.4, 0.5) is 0 Å². The smallest absolute Gasteiger partial charge is 0.303 e. The predicted molar refractivity (Wildman–Crippen MR) is 42.7 cm³/mol. The van der Waals surface area contributed by atoms with Crippen molar-refractivity contribution in [3.05, 3.63) is 0 Å². The van der Waals surface area contributed by atoms with Gasteiger partial charge in [0.15, 0.2) is 0 Å². The van der Waals surface area contributed by atoms with Crippen LogP contribution >= 0.6 is 0 Å². The Labute approximate surface area is 71.2 Å². The van der Waals surface area contributed by atoms with Gasteiger partial charge < -0.3 is 15.0 Å². The van der Waals surface area contributed by atoms with E-state index in [0.29, 0.717) is 12.8 Å². The zero-order valence-corrected chi connectivity index (χ0v) is 7.12. The fourth-order valence-electron chi connectivity index (χ4n) is 0.912. The van der Waals surface area contributed by atoms with Gasteiger partial charge >= 0.3 is 5.97 Å². The molecule has 70 valence electrons. The van der Waals surface area contributed by atoms with Crippen LogP contribution in [0.3, 0.4) is 0 Å². The zero-order valence-electron chi connectivity index (χ0n) is 7.12. The lowest BCUT2D eigenvalue weighted by Crippen LogP contribution is -2.13. The number of aliphatic hydroxyl groups excluding tert-OH is 1. The summed E-state index contributed by atoms with van der Waals surface area (Å²) >= 11 is 0. The highest BCUT2D eigenvalue weighted by molar-refractivity contribution is 5.75. The Bertz CT molecular complexity index is 164. The molecule has 0 aliphatic carbocycles. The SMILES string of the molecule is CC(=O)CCC(CO)CC(=O)O. The first kappa shape index (κ1) is 11.1. The highest BCUT2D eigenvalue weighted by atomic mass is 16.4. The molecule has 0 aromatic carbocycles. The van der Waals surface area contributed by atoms with E-state index in [-0.39, 0.29) is 24.7 Å². The molecule has 0 aliphatic heterocycles. The maximum Gasteiger partial charge on any atom is 0.303 e. The summed E-state index contributed by atoms with van der Waals surface area (Å²) in [6.45, 7) is 1.29. The summed E-state index contributed by atoms with van der Waals surface area (Å²) < 4.78 is 0. The quantitative estimate of drug-likeness (QED) is 0.612. The Kier molecular flexibility index (Phi) is 5.28. The van der Waals surface area contributed by atoms with E-state index in [4.69, 9.17) is 10.2 Å². The van der Waals surface area contributed by atoms with Crippen LogP contribution in [-0.2, 0) is 9.59 Å². The molecule has 0 heterocycles. The van der Waals surface area contributed by atoms with Crippen LogP contribution in [0.5, 0.6) is 0 Å². The van der Waals surface area contributed by atoms with Gasteiger partial charge in [-0.1, -0.05) is 0 Å². The van der Waals surface area contributed by atoms with E-state index in [1.807, 2.05) is 0 Å². The van der Waals surface area contributed by atoms with Crippen molar-refractivity contribution in [1.82, 2.24) is 0 Å². The summed E-state index contributed by atoms with van der Waals surface area (Å²) in [7, 11) is 0. The Morgan fingerprint density at radius 1 is 1.42 bits per heavy atom. The minimum Gasteiger partial charge on any atom is -0.481 e. The van der Waals surface area contributed by atoms with E-state index < -0.39 is 5.97 Å². The molecular weight excluding hydrogens is 160 g/mol. The summed E-state index contributed by atoms with van der Waals surface area (Å²) in [6.07, 6.45) is 0.737. The summed E-state index contributed by atoms with van der Waals surface area (Å²) in [4.78, 5) is 20.7. The molecule has 1 unspecified atom stereocenters. The van der Waals surface area contributed by atoms with Crippen molar-refractivity contribution >= 4 is 11.8 Å². The van der Waals surface area contributed by atoms with E-state index >= 15 is 0 Å². The average Bonchev–Trinajstić information content (AvgIpc) is 1.97. The third kappa shape index (κ3) is 5.85. The third-order valence-electron chi connectivity index (χ3n) is 1.63. The molecule has 0 radical (unpaired) electrons. The average molecular weight is 174 g/mol. The normalized spacial score (nSPS) is 12.5. The van der Waals surface area contributed by atoms with Crippen LogP contribution in [0.2, 0.25) is 0 Å². The second-order valence-electron chi connectivity index (χ2n) is 2.89. The second-order valence-corrected chi connectivity index (χ2v) is 2.89. The highest BCUT2D eigenvalue weighted by Gasteiger charge is 2.12. The maximum atomic E-state index is 10.5. The fourth-order valence-corrected chi connectivity index (χ4v) is 0.912. The van der Waals surface area contributed by atoms with Gasteiger partial charge in [-0.2, -0.15) is 0 Å². The predicted octanol–water partition coefficient (Wildman–Crippen LogP) is 0.439. The van der Waals surface area contributed by atoms with Crippen LogP contribution in [0.1, 0.15) is 26.2 Å². The number of aliphatic carboxylic acids is 1. The van der Waals surface area contributed by atoms with Gasteiger partial charge in [0.2, 0.25) is 0 Å². The maximum absolute atomic E-state index is 10.5. The molecule has 0 saturated carbocycles. The number of hydrogen-bond acceptors (Lipinski definition) is 3. The van der Waals surface area contributed by atoms with Crippen molar-refractivity contribution in [3.8, 4) is 0 Å². The number of ketones is 1. The number of carbonyl (C=O) groups excluding carboxylic acids is 1. The monoisotopic (exact) mass is 174 g/mol. The lowest BCUT2D eigenvalue weighted by molar-refractivity contribution is -0.138. The van der Waals surface area contributed by atoms with Crippen LogP contribution in [-0.4, -0.2) is 28.6 Å². The highest BCUT2D eigenvalue weighted by Crippen LogP contribution is 2.10. The Morgan fingerprint density at radius 3 is 2.33 bits per heavy atom. The van der Waals surface area contributed by atoms with Crippen LogP contribution in [0.25, 0.3) is 0 Å². The number of hydrogen-bond donors (Lipinski definition) is 2. The Hall–Kier alpha value is -0.900. The summed E-state index contributed by atoms with van der Waals surface area (Å²) in [5, 5.41) is 17.1. The molecule has 0 spiro atoms. The molecule has 4 heteroatoms. The topological polar surface area (TPSA) is 74.6 Å². The van der Waals surface area contributed by atoms with Gasteiger partial charge in [0.1, 0.15) is 5.78 Å². The molecule has 0 bridgehead atoms. The first-order valence-electron chi connectivity index (χ1n) is 3.88. The van der Waals surface area contributed by atoms with Crippen molar-refractivity contribution in [3.63, 3.8) is 0 Å². The minimum absolute atomic E-state index is 0.0267. The summed E-state index contributed by atoms with van der Waals surface area (Å²) in [6, 6.07) is 0. The van der Waals surface area contributed by atoms with E-state index in [0.717, 1.165) is 0 Å². The first-order valence-corrected chi connectivity index (χ1v) is 3.88. The van der Waals surface area contributed by atoms with Gasteiger partial charge in [-0.15, -0.1) is 0 Å². The standard InChI is InChI=1S/C8H14O4/c1-6(10)2-3-7(5-9)4-8(11)12/h7,9H,2-5H2,1H3,(H,11,12). The Morgan fingerprint density at radius 2 is 2.00 bits per heavy atom. The Balaban J connectivity index is 3.67. The molecule has 0 aromatic heterocycles. The van der Waals surface area contributed by atoms with E-state index in [1.165, 1.54) is 6.92 Å². The third-order valence-corrected chi connectivity index (χ3v) is 1.63. The number of carboxylic acid groups (broad SMARTS) is 1. The molecule has 1 atom stereocenters. The van der Waals surface area contributed by atoms with Crippen molar-refractivity contribution in [2.75, 3.05) is 6.61 Å².